The number of methoxy groups -OCH3 is 2. The van der Waals surface area contributed by atoms with E-state index >= 15 is 0 Å². The standard InChI is InChI=1S/C22H27N5O5/c1-28-13-16-20-19(15(12-23)21(24)32-22(20)26-25-16)14-3-4-17(18(11-14)29-2)31-10-7-27-5-8-30-9-6-27/h3-4,11,19H,5-10,13,24H2,1-2H3,(H,25,26)/t19-/m1/s1. The number of hydrogen-bond donors (Lipinski definition) is 2. The van der Waals surface area contributed by atoms with E-state index in [1.807, 2.05) is 18.2 Å². The molecule has 10 nitrogen and oxygen atoms in total. The minimum atomic E-state index is -0.469. The van der Waals surface area contributed by atoms with Crippen LogP contribution in [-0.4, -0.2) is 68.8 Å². The van der Waals surface area contributed by atoms with Crippen LogP contribution in [0.25, 0.3) is 0 Å². The van der Waals surface area contributed by atoms with Gasteiger partial charge in [0.25, 0.3) is 0 Å². The Bertz CT molecular complexity index is 1020. The Labute approximate surface area is 186 Å². The molecule has 3 N–H and O–H groups in total. The molecular weight excluding hydrogens is 414 g/mol. The van der Waals surface area contributed by atoms with Gasteiger partial charge in [-0.2, -0.15) is 5.26 Å². The fourth-order valence-electron chi connectivity index (χ4n) is 3.99. The molecule has 2 aromatic rings. The third kappa shape index (κ3) is 4.36. The molecular formula is C22H27N5O5. The van der Waals surface area contributed by atoms with E-state index in [0.717, 1.165) is 49.7 Å². The molecule has 3 heterocycles. The minimum Gasteiger partial charge on any atom is -0.493 e. The van der Waals surface area contributed by atoms with Crippen molar-refractivity contribution in [3.05, 3.63) is 46.5 Å². The average molecular weight is 441 g/mol. The lowest BCUT2D eigenvalue weighted by Gasteiger charge is -2.26. The second kappa shape index (κ2) is 9.91. The van der Waals surface area contributed by atoms with E-state index < -0.39 is 5.92 Å². The van der Waals surface area contributed by atoms with E-state index in [2.05, 4.69) is 21.2 Å². The van der Waals surface area contributed by atoms with E-state index in [4.69, 9.17) is 29.4 Å². The molecule has 1 aromatic heterocycles. The summed E-state index contributed by atoms with van der Waals surface area (Å²) < 4.78 is 27.8. The molecule has 32 heavy (non-hydrogen) atoms. The SMILES string of the molecule is COCc1[nH]nc2c1[C@H](c1ccc(OCCN3CCOCC3)c(OC)c1)C(C#N)=C(N)O2. The van der Waals surface area contributed by atoms with Gasteiger partial charge in [-0.15, -0.1) is 5.10 Å². The van der Waals surface area contributed by atoms with Gasteiger partial charge < -0.3 is 29.4 Å². The van der Waals surface area contributed by atoms with Crippen molar-refractivity contribution in [3.63, 3.8) is 0 Å². The van der Waals surface area contributed by atoms with Gasteiger partial charge in [0, 0.05) is 26.7 Å². The van der Waals surface area contributed by atoms with E-state index in [0.29, 0.717) is 36.2 Å². The van der Waals surface area contributed by atoms with E-state index in [-0.39, 0.29) is 5.88 Å². The first-order chi connectivity index (χ1) is 15.7. The van der Waals surface area contributed by atoms with Crippen molar-refractivity contribution in [2.75, 3.05) is 53.7 Å². The summed E-state index contributed by atoms with van der Waals surface area (Å²) in [7, 11) is 3.18. The smallest absolute Gasteiger partial charge is 0.244 e. The topological polar surface area (TPSA) is 128 Å². The number of nitrogens with two attached hydrogens (primary N) is 1. The van der Waals surface area contributed by atoms with Crippen LogP contribution in [0.5, 0.6) is 17.4 Å². The molecule has 170 valence electrons. The molecule has 10 heteroatoms. The zero-order chi connectivity index (χ0) is 22.5. The van der Waals surface area contributed by atoms with Crippen molar-refractivity contribution >= 4 is 0 Å². The Hall–Kier alpha value is -3.26. The number of fused-ring (bicyclic) bond motifs is 1. The number of ether oxygens (including phenoxy) is 5. The molecule has 0 saturated carbocycles. The van der Waals surface area contributed by atoms with Gasteiger partial charge in [-0.25, -0.2) is 0 Å². The largest absolute Gasteiger partial charge is 0.493 e. The fourth-order valence-corrected chi connectivity index (χ4v) is 3.99. The van der Waals surface area contributed by atoms with Crippen LogP contribution in [0.2, 0.25) is 0 Å². The molecule has 2 aliphatic heterocycles. The summed E-state index contributed by atoms with van der Waals surface area (Å²) in [5.74, 6) is 1.11. The van der Waals surface area contributed by atoms with Crippen LogP contribution < -0.4 is 19.9 Å². The number of nitriles is 1. The second-order valence-corrected chi connectivity index (χ2v) is 7.49. The van der Waals surface area contributed by atoms with Gasteiger partial charge in [0.1, 0.15) is 18.2 Å². The van der Waals surface area contributed by atoms with Crippen LogP contribution in [0.3, 0.4) is 0 Å². The molecule has 0 unspecified atom stereocenters. The summed E-state index contributed by atoms with van der Waals surface area (Å²) in [6, 6.07) is 7.80. The van der Waals surface area contributed by atoms with Crippen LogP contribution in [0.1, 0.15) is 22.7 Å². The fraction of sp³-hybridized carbons (Fsp3) is 0.455. The Morgan fingerprint density at radius 3 is 2.81 bits per heavy atom. The maximum atomic E-state index is 9.80. The van der Waals surface area contributed by atoms with Crippen molar-refractivity contribution in [2.45, 2.75) is 12.5 Å². The van der Waals surface area contributed by atoms with Crippen LogP contribution in [0, 0.1) is 11.3 Å². The quantitative estimate of drug-likeness (QED) is 0.626. The minimum absolute atomic E-state index is 0.0327. The number of aromatic nitrogens is 2. The summed E-state index contributed by atoms with van der Waals surface area (Å²) in [6.45, 7) is 4.96. The average Bonchev–Trinajstić information content (AvgIpc) is 3.21. The third-order valence-electron chi connectivity index (χ3n) is 5.60. The first-order valence-corrected chi connectivity index (χ1v) is 10.4. The molecule has 1 saturated heterocycles. The lowest BCUT2D eigenvalue weighted by Crippen LogP contribution is -2.38. The molecule has 0 aliphatic carbocycles. The summed E-state index contributed by atoms with van der Waals surface area (Å²) in [4.78, 5) is 2.30. The predicted molar refractivity (Wildman–Crippen MR) is 114 cm³/mol. The number of nitrogens with one attached hydrogen (secondary N) is 1. The Morgan fingerprint density at radius 1 is 1.28 bits per heavy atom. The maximum absolute atomic E-state index is 9.80. The summed E-state index contributed by atoms with van der Waals surface area (Å²) in [5, 5.41) is 16.9. The number of rotatable bonds is 8. The third-order valence-corrected chi connectivity index (χ3v) is 5.60. The Morgan fingerprint density at radius 2 is 2.09 bits per heavy atom. The number of aromatic amines is 1. The number of allylic oxidation sites excluding steroid dienone is 1. The highest BCUT2D eigenvalue weighted by molar-refractivity contribution is 5.57. The Balaban J connectivity index is 1.60. The van der Waals surface area contributed by atoms with Gasteiger partial charge in [-0.1, -0.05) is 6.07 Å². The van der Waals surface area contributed by atoms with E-state index in [1.165, 1.54) is 0 Å². The first-order valence-electron chi connectivity index (χ1n) is 10.4. The molecule has 1 atom stereocenters. The van der Waals surface area contributed by atoms with Gasteiger partial charge in [-0.05, 0) is 17.7 Å². The van der Waals surface area contributed by atoms with Gasteiger partial charge in [0.05, 0.1) is 44.1 Å². The molecule has 0 radical (unpaired) electrons. The highest BCUT2D eigenvalue weighted by Gasteiger charge is 2.35. The lowest BCUT2D eigenvalue weighted by molar-refractivity contribution is 0.0321. The van der Waals surface area contributed by atoms with Crippen molar-refractivity contribution in [1.29, 1.82) is 5.26 Å². The predicted octanol–water partition coefficient (Wildman–Crippen LogP) is 1.49. The monoisotopic (exact) mass is 441 g/mol. The highest BCUT2D eigenvalue weighted by Crippen LogP contribution is 2.44. The number of hydrogen-bond acceptors (Lipinski definition) is 9. The van der Waals surface area contributed by atoms with Crippen LogP contribution in [-0.2, 0) is 16.1 Å². The van der Waals surface area contributed by atoms with Crippen molar-refractivity contribution in [1.82, 2.24) is 15.1 Å². The normalized spacial score (nSPS) is 18.6. The molecule has 0 spiro atoms. The van der Waals surface area contributed by atoms with Crippen molar-refractivity contribution in [3.8, 4) is 23.4 Å². The molecule has 0 bridgehead atoms. The number of morpholine rings is 1. The van der Waals surface area contributed by atoms with Gasteiger partial charge in [-0.3, -0.25) is 10.00 Å². The van der Waals surface area contributed by atoms with Crippen molar-refractivity contribution in [2.24, 2.45) is 5.73 Å². The molecule has 1 aromatic carbocycles. The summed E-state index contributed by atoms with van der Waals surface area (Å²) >= 11 is 0. The summed E-state index contributed by atoms with van der Waals surface area (Å²) in [5.41, 5.74) is 8.59. The summed E-state index contributed by atoms with van der Waals surface area (Å²) in [6.07, 6.45) is 0. The number of nitrogens with zero attached hydrogens (tertiary/aromatic N) is 3. The molecule has 0 amide bonds. The zero-order valence-corrected chi connectivity index (χ0v) is 18.2. The van der Waals surface area contributed by atoms with Gasteiger partial charge >= 0.3 is 0 Å². The first kappa shape index (κ1) is 22.0. The van der Waals surface area contributed by atoms with Crippen LogP contribution in [0.15, 0.2) is 29.7 Å². The van der Waals surface area contributed by atoms with E-state index in [1.54, 1.807) is 14.2 Å². The van der Waals surface area contributed by atoms with Gasteiger partial charge in [0.15, 0.2) is 11.5 Å². The van der Waals surface area contributed by atoms with Crippen molar-refractivity contribution < 1.29 is 23.7 Å². The van der Waals surface area contributed by atoms with Crippen LogP contribution >= 0.6 is 0 Å². The van der Waals surface area contributed by atoms with Gasteiger partial charge in [0.2, 0.25) is 11.8 Å². The molecule has 2 aliphatic rings. The Kier molecular flexibility index (Phi) is 6.80. The van der Waals surface area contributed by atoms with E-state index in [9.17, 15) is 5.26 Å². The highest BCUT2D eigenvalue weighted by atomic mass is 16.5. The number of benzene rings is 1. The molecule has 1 fully saturated rings. The maximum Gasteiger partial charge on any atom is 0.244 e. The molecule has 4 rings (SSSR count). The lowest BCUT2D eigenvalue weighted by atomic mass is 9.84. The zero-order valence-electron chi connectivity index (χ0n) is 18.2. The number of H-pyrrole nitrogens is 1. The van der Waals surface area contributed by atoms with Crippen LogP contribution in [0.4, 0.5) is 0 Å². The second-order valence-electron chi connectivity index (χ2n) is 7.49.